The molecule has 0 aromatic heterocycles. The van der Waals surface area contributed by atoms with Gasteiger partial charge in [0, 0.05) is 10.9 Å². The Bertz CT molecular complexity index is 739. The monoisotopic (exact) mass is 354 g/mol. The fourth-order valence-electron chi connectivity index (χ4n) is 4.62. The van der Waals surface area contributed by atoms with Gasteiger partial charge in [-0.15, -0.1) is 0 Å². The molecule has 4 rings (SSSR count). The van der Waals surface area contributed by atoms with E-state index in [2.05, 4.69) is 66.8 Å². The Morgan fingerprint density at radius 3 is 2.76 bits per heavy atom. The van der Waals surface area contributed by atoms with Crippen molar-refractivity contribution in [3.8, 4) is 0 Å². The van der Waals surface area contributed by atoms with Crippen molar-refractivity contribution in [1.29, 1.82) is 0 Å². The molecule has 0 saturated carbocycles. The summed E-state index contributed by atoms with van der Waals surface area (Å²) in [5.74, 6) is 1.20. The number of nitrogens with zero attached hydrogens (tertiary/aromatic N) is 1. The number of rotatable bonds is 2. The predicted molar refractivity (Wildman–Crippen MR) is 107 cm³/mol. The Morgan fingerprint density at radius 1 is 1.20 bits per heavy atom. The van der Waals surface area contributed by atoms with Crippen LogP contribution in [-0.2, 0) is 6.42 Å². The normalized spacial score (nSPS) is 26.4. The summed E-state index contributed by atoms with van der Waals surface area (Å²) in [6, 6.07) is 4.93. The number of fused-ring (bicyclic) bond motifs is 2. The summed E-state index contributed by atoms with van der Waals surface area (Å²) in [6.07, 6.45) is 14.5. The van der Waals surface area contributed by atoms with Crippen LogP contribution in [0.15, 0.2) is 42.1 Å². The Labute approximate surface area is 156 Å². The minimum absolute atomic E-state index is 0.363. The highest BCUT2D eigenvalue weighted by atomic mass is 35.5. The van der Waals surface area contributed by atoms with Gasteiger partial charge < -0.3 is 10.2 Å². The fraction of sp³-hybridized carbons (Fsp3) is 0.455. The molecule has 1 fully saturated rings. The molecule has 1 N–H and O–H groups in total. The van der Waals surface area contributed by atoms with Crippen LogP contribution >= 0.6 is 11.6 Å². The number of nitrogens with one attached hydrogen (secondary N) is 1. The second-order valence-corrected chi connectivity index (χ2v) is 8.00. The van der Waals surface area contributed by atoms with Crippen molar-refractivity contribution >= 4 is 17.7 Å². The summed E-state index contributed by atoms with van der Waals surface area (Å²) in [7, 11) is 2.24. The van der Waals surface area contributed by atoms with E-state index < -0.39 is 0 Å². The quantitative estimate of drug-likeness (QED) is 0.823. The van der Waals surface area contributed by atoms with Gasteiger partial charge in [-0.3, -0.25) is 0 Å². The third-order valence-electron chi connectivity index (χ3n) is 6.10. The molecule has 0 spiro atoms. The number of hydrogen-bond acceptors (Lipinski definition) is 2. The first-order valence-corrected chi connectivity index (χ1v) is 9.87. The van der Waals surface area contributed by atoms with Crippen molar-refractivity contribution < 1.29 is 0 Å². The molecule has 1 saturated heterocycles. The Kier molecular flexibility index (Phi) is 4.75. The highest BCUT2D eigenvalue weighted by molar-refractivity contribution is 6.31. The second kappa shape index (κ2) is 7.01. The topological polar surface area (TPSA) is 15.3 Å². The first kappa shape index (κ1) is 16.9. The van der Waals surface area contributed by atoms with Crippen molar-refractivity contribution in [3.63, 3.8) is 0 Å². The Morgan fingerprint density at radius 2 is 2.00 bits per heavy atom. The maximum Gasteiger partial charge on any atom is 0.0579 e. The van der Waals surface area contributed by atoms with Crippen LogP contribution in [-0.4, -0.2) is 31.1 Å². The first-order valence-electron chi connectivity index (χ1n) is 9.49. The molecule has 132 valence electrons. The summed E-state index contributed by atoms with van der Waals surface area (Å²) in [4.78, 5) is 2.46. The number of allylic oxidation sites excluding steroid dienone is 2. The number of dihydropyridines is 1. The number of hydrogen-bond donors (Lipinski definition) is 1. The largest absolute Gasteiger partial charge is 0.383 e. The van der Waals surface area contributed by atoms with Crippen molar-refractivity contribution in [2.75, 3.05) is 20.1 Å². The minimum atomic E-state index is 0.363. The number of piperidine rings is 1. The van der Waals surface area contributed by atoms with Gasteiger partial charge in [-0.25, -0.2) is 0 Å². The minimum Gasteiger partial charge on any atom is -0.383 e. The average Bonchev–Trinajstić information content (AvgIpc) is 2.78. The first-order chi connectivity index (χ1) is 12.2. The van der Waals surface area contributed by atoms with Gasteiger partial charge in [-0.1, -0.05) is 42.8 Å². The number of halogens is 1. The van der Waals surface area contributed by atoms with Gasteiger partial charge in [-0.2, -0.15) is 0 Å². The summed E-state index contributed by atoms with van der Waals surface area (Å²) >= 11 is 6.54. The molecule has 0 radical (unpaired) electrons. The lowest BCUT2D eigenvalue weighted by atomic mass is 9.73. The molecule has 3 heteroatoms. The Hall–Kier alpha value is -1.51. The maximum absolute atomic E-state index is 6.54. The molecule has 2 atom stereocenters. The molecule has 3 aliphatic rings. The van der Waals surface area contributed by atoms with Gasteiger partial charge in [0.1, 0.15) is 0 Å². The van der Waals surface area contributed by atoms with E-state index in [1.807, 2.05) is 0 Å². The van der Waals surface area contributed by atoms with Crippen LogP contribution in [0.1, 0.15) is 42.4 Å². The molecule has 2 aliphatic heterocycles. The van der Waals surface area contributed by atoms with Gasteiger partial charge in [0.05, 0.1) is 6.04 Å². The number of likely N-dealkylation sites (tertiary alicyclic amines) is 1. The van der Waals surface area contributed by atoms with E-state index in [4.69, 9.17) is 11.6 Å². The molecular formula is C22H27ClN2. The summed E-state index contributed by atoms with van der Waals surface area (Å²) in [5.41, 5.74) is 5.42. The standard InChI is InChI=1S/C22H27ClN2/c1-3-15-13-19-18(14-20(15)23)7-6-17-5-4-10-24-22(17)21(19)16-8-11-25(2)12-9-16/h4-7,10,13-14,16,21-22,24H,3,8-9,11-12H2,1-2H3. The summed E-state index contributed by atoms with van der Waals surface area (Å²) in [6.45, 7) is 4.58. The molecule has 1 aromatic carbocycles. The van der Waals surface area contributed by atoms with Crippen LogP contribution in [0.25, 0.3) is 6.08 Å². The SMILES string of the molecule is CCc1cc2c(cc1Cl)C=CC1=CC=CNC1C2C1CCN(C)CC1. The fourth-order valence-corrected chi connectivity index (χ4v) is 4.93. The van der Waals surface area contributed by atoms with Crippen molar-refractivity contribution in [3.05, 3.63) is 63.8 Å². The van der Waals surface area contributed by atoms with Crippen LogP contribution < -0.4 is 5.32 Å². The smallest absolute Gasteiger partial charge is 0.0579 e. The van der Waals surface area contributed by atoms with Crippen molar-refractivity contribution in [1.82, 2.24) is 10.2 Å². The molecule has 25 heavy (non-hydrogen) atoms. The van der Waals surface area contributed by atoms with E-state index in [-0.39, 0.29) is 0 Å². The van der Waals surface area contributed by atoms with E-state index in [0.717, 1.165) is 11.4 Å². The molecule has 0 amide bonds. The second-order valence-electron chi connectivity index (χ2n) is 7.60. The zero-order valence-corrected chi connectivity index (χ0v) is 15.9. The average molecular weight is 355 g/mol. The van der Waals surface area contributed by atoms with Gasteiger partial charge in [0.15, 0.2) is 0 Å². The van der Waals surface area contributed by atoms with Crippen LogP contribution in [0, 0.1) is 5.92 Å². The van der Waals surface area contributed by atoms with Crippen LogP contribution in [0.3, 0.4) is 0 Å². The molecule has 2 unspecified atom stereocenters. The highest BCUT2D eigenvalue weighted by Gasteiger charge is 2.36. The molecule has 1 aromatic rings. The number of aryl methyl sites for hydroxylation is 1. The van der Waals surface area contributed by atoms with Gasteiger partial charge in [0.2, 0.25) is 0 Å². The lowest BCUT2D eigenvalue weighted by Gasteiger charge is -2.40. The van der Waals surface area contributed by atoms with Crippen LogP contribution in [0.2, 0.25) is 5.02 Å². The highest BCUT2D eigenvalue weighted by Crippen LogP contribution is 2.43. The van der Waals surface area contributed by atoms with E-state index in [9.17, 15) is 0 Å². The molecule has 1 aliphatic carbocycles. The van der Waals surface area contributed by atoms with E-state index >= 15 is 0 Å². The predicted octanol–water partition coefficient (Wildman–Crippen LogP) is 4.77. The van der Waals surface area contributed by atoms with E-state index in [1.165, 1.54) is 48.2 Å². The summed E-state index contributed by atoms with van der Waals surface area (Å²) < 4.78 is 0. The third-order valence-corrected chi connectivity index (χ3v) is 6.45. The van der Waals surface area contributed by atoms with E-state index in [1.54, 1.807) is 0 Å². The van der Waals surface area contributed by atoms with Crippen molar-refractivity contribution in [2.45, 2.75) is 38.1 Å². The van der Waals surface area contributed by atoms with Gasteiger partial charge in [-0.05, 0) is 85.9 Å². The van der Waals surface area contributed by atoms with Gasteiger partial charge in [0.25, 0.3) is 0 Å². The van der Waals surface area contributed by atoms with E-state index in [0.29, 0.717) is 17.9 Å². The zero-order valence-electron chi connectivity index (χ0n) is 15.1. The maximum atomic E-state index is 6.54. The lowest BCUT2D eigenvalue weighted by Crippen LogP contribution is -2.41. The molecule has 2 nitrogen and oxygen atoms in total. The van der Waals surface area contributed by atoms with Gasteiger partial charge >= 0.3 is 0 Å². The molecule has 0 bridgehead atoms. The molecular weight excluding hydrogens is 328 g/mol. The summed E-state index contributed by atoms with van der Waals surface area (Å²) in [5, 5.41) is 4.57. The molecule has 2 heterocycles. The lowest BCUT2D eigenvalue weighted by molar-refractivity contribution is 0.188. The van der Waals surface area contributed by atoms with Crippen LogP contribution in [0.5, 0.6) is 0 Å². The third kappa shape index (κ3) is 3.18. The Balaban J connectivity index is 1.81. The zero-order chi connectivity index (χ0) is 17.4. The van der Waals surface area contributed by atoms with Crippen molar-refractivity contribution in [2.24, 2.45) is 5.92 Å². The number of benzene rings is 1. The van der Waals surface area contributed by atoms with Crippen LogP contribution in [0.4, 0.5) is 0 Å².